The number of furan rings is 1. The molecule has 0 radical (unpaired) electrons. The van der Waals surface area contributed by atoms with Gasteiger partial charge in [0.15, 0.2) is 17.3 Å². The van der Waals surface area contributed by atoms with Gasteiger partial charge in [-0.3, -0.25) is 19.7 Å². The Hall–Kier alpha value is -4.67. The Bertz CT molecular complexity index is 1390. The molecule has 2 amide bonds. The molecule has 0 saturated heterocycles. The van der Waals surface area contributed by atoms with Gasteiger partial charge in [0.2, 0.25) is 12.7 Å². The van der Waals surface area contributed by atoms with Gasteiger partial charge in [-0.25, -0.2) is 5.43 Å². The van der Waals surface area contributed by atoms with E-state index in [0.717, 1.165) is 12.0 Å². The van der Waals surface area contributed by atoms with Gasteiger partial charge in [-0.2, -0.15) is 5.10 Å². The van der Waals surface area contributed by atoms with Crippen molar-refractivity contribution in [2.24, 2.45) is 5.10 Å². The third-order valence-corrected chi connectivity index (χ3v) is 5.99. The van der Waals surface area contributed by atoms with Gasteiger partial charge in [0.25, 0.3) is 11.6 Å². The maximum Gasteiger partial charge on any atom is 0.291 e. The minimum absolute atomic E-state index is 0.0230. The summed E-state index contributed by atoms with van der Waals surface area (Å²) in [6.07, 6.45) is 2.06. The van der Waals surface area contributed by atoms with Gasteiger partial charge in [0, 0.05) is 41.4 Å². The Morgan fingerprint density at radius 2 is 1.86 bits per heavy atom. The largest absolute Gasteiger partial charge is 0.455 e. The van der Waals surface area contributed by atoms with Crippen molar-refractivity contribution in [2.75, 3.05) is 12.1 Å². The summed E-state index contributed by atoms with van der Waals surface area (Å²) in [5.74, 6) is 1.26. The molecule has 11 heteroatoms. The molecule has 2 aliphatic rings. The van der Waals surface area contributed by atoms with Crippen LogP contribution in [0.5, 0.6) is 11.5 Å². The maximum atomic E-state index is 13.0. The molecule has 1 aliphatic heterocycles. The van der Waals surface area contributed by atoms with Gasteiger partial charge in [-0.1, -0.05) is 12.1 Å². The minimum Gasteiger partial charge on any atom is -0.455 e. The zero-order valence-corrected chi connectivity index (χ0v) is 19.3. The predicted molar refractivity (Wildman–Crippen MR) is 128 cm³/mol. The maximum absolute atomic E-state index is 13.0. The molecular weight excluding hydrogens is 468 g/mol. The van der Waals surface area contributed by atoms with Crippen molar-refractivity contribution < 1.29 is 28.4 Å². The summed E-state index contributed by atoms with van der Waals surface area (Å²) in [4.78, 5) is 35.7. The van der Waals surface area contributed by atoms with Crippen molar-refractivity contribution in [3.05, 3.63) is 80.8 Å². The first-order chi connectivity index (χ1) is 17.4. The number of nitro benzene ring substituents is 1. The number of nitrogens with one attached hydrogen (secondary N) is 2. The van der Waals surface area contributed by atoms with Crippen LogP contribution in [0.15, 0.2) is 52.0 Å². The monoisotopic (exact) mass is 490 g/mol. The first-order valence-electron chi connectivity index (χ1n) is 11.3. The number of nitrogens with zero attached hydrogens (tertiary/aromatic N) is 2. The van der Waals surface area contributed by atoms with Crippen LogP contribution in [-0.2, 0) is 17.6 Å². The number of amides is 2. The zero-order valence-electron chi connectivity index (χ0n) is 19.3. The molecule has 0 unspecified atom stereocenters. The van der Waals surface area contributed by atoms with Gasteiger partial charge < -0.3 is 19.2 Å². The van der Waals surface area contributed by atoms with Crippen LogP contribution in [0.25, 0.3) is 0 Å². The molecule has 5 rings (SSSR count). The lowest BCUT2D eigenvalue weighted by atomic mass is 9.93. The number of hydrogen-bond acceptors (Lipinski definition) is 8. The molecule has 0 saturated carbocycles. The Morgan fingerprint density at radius 1 is 1.08 bits per heavy atom. The third kappa shape index (κ3) is 4.63. The summed E-state index contributed by atoms with van der Waals surface area (Å²) < 4.78 is 16.6. The first kappa shape index (κ1) is 23.1. The lowest BCUT2D eigenvalue weighted by Gasteiger charge is -2.13. The lowest BCUT2D eigenvalue weighted by Crippen LogP contribution is -2.23. The van der Waals surface area contributed by atoms with E-state index in [4.69, 9.17) is 13.9 Å². The fraction of sp³-hybridized carbons (Fsp3) is 0.240. The van der Waals surface area contributed by atoms with E-state index in [0.29, 0.717) is 52.6 Å². The SMILES string of the molecule is Cc1c(C(=O)Nc2ccc3c(c2)OCO3)oc2c1/C(=N/NC(=O)Cc1ccc([N+](=O)[O-])cc1)CCC2. The van der Waals surface area contributed by atoms with Crippen LogP contribution in [0.3, 0.4) is 0 Å². The van der Waals surface area contributed by atoms with Crippen LogP contribution in [-0.4, -0.2) is 29.2 Å². The Kier molecular flexibility index (Phi) is 6.11. The molecule has 2 heterocycles. The topological polar surface area (TPSA) is 145 Å². The second-order valence-corrected chi connectivity index (χ2v) is 8.42. The van der Waals surface area contributed by atoms with Crippen molar-refractivity contribution >= 4 is 28.9 Å². The number of non-ortho nitro benzene ring substituents is 1. The molecule has 2 aromatic carbocycles. The second-order valence-electron chi connectivity index (χ2n) is 8.42. The Morgan fingerprint density at radius 3 is 2.64 bits per heavy atom. The number of fused-ring (bicyclic) bond motifs is 2. The van der Waals surface area contributed by atoms with Crippen LogP contribution in [0.1, 0.15) is 45.8 Å². The van der Waals surface area contributed by atoms with Gasteiger partial charge >= 0.3 is 0 Å². The van der Waals surface area contributed by atoms with E-state index in [-0.39, 0.29) is 30.6 Å². The number of carbonyl (C=O) groups is 2. The quantitative estimate of drug-likeness (QED) is 0.394. The molecule has 0 atom stereocenters. The van der Waals surface area contributed by atoms with Crippen molar-refractivity contribution in [1.29, 1.82) is 0 Å². The van der Waals surface area contributed by atoms with Crippen LogP contribution >= 0.6 is 0 Å². The summed E-state index contributed by atoms with van der Waals surface area (Å²) in [5, 5.41) is 17.9. The van der Waals surface area contributed by atoms with Crippen molar-refractivity contribution in [2.45, 2.75) is 32.6 Å². The lowest BCUT2D eigenvalue weighted by molar-refractivity contribution is -0.384. The van der Waals surface area contributed by atoms with Crippen LogP contribution in [0.2, 0.25) is 0 Å². The van der Waals surface area contributed by atoms with E-state index in [1.54, 1.807) is 25.1 Å². The van der Waals surface area contributed by atoms with Gasteiger partial charge in [0.05, 0.1) is 17.1 Å². The highest BCUT2D eigenvalue weighted by Crippen LogP contribution is 2.35. The molecular formula is C25H22N4O7. The summed E-state index contributed by atoms with van der Waals surface area (Å²) >= 11 is 0. The molecule has 11 nitrogen and oxygen atoms in total. The third-order valence-electron chi connectivity index (χ3n) is 5.99. The van der Waals surface area contributed by atoms with E-state index >= 15 is 0 Å². The normalized spacial score (nSPS) is 14.9. The number of anilines is 1. The Balaban J connectivity index is 1.29. The highest BCUT2D eigenvalue weighted by molar-refractivity contribution is 6.09. The number of hydrazone groups is 1. The average Bonchev–Trinajstić information content (AvgIpc) is 3.47. The summed E-state index contributed by atoms with van der Waals surface area (Å²) in [7, 11) is 0. The number of hydrogen-bond donors (Lipinski definition) is 2. The second kappa shape index (κ2) is 9.53. The van der Waals surface area contributed by atoms with Crippen LogP contribution in [0.4, 0.5) is 11.4 Å². The van der Waals surface area contributed by atoms with Crippen molar-refractivity contribution in [3.8, 4) is 11.5 Å². The number of carbonyl (C=O) groups excluding carboxylic acids is 2. The zero-order chi connectivity index (χ0) is 25.2. The predicted octanol–water partition coefficient (Wildman–Crippen LogP) is 3.88. The molecule has 1 aliphatic carbocycles. The molecule has 3 aromatic rings. The first-order valence-corrected chi connectivity index (χ1v) is 11.3. The standard InChI is InChI=1S/C25H22N4O7/c1-14-23-18(27-28-22(30)11-15-5-8-17(9-6-15)29(32)33)3-2-4-20(23)36-24(14)25(31)26-16-7-10-19-21(12-16)35-13-34-19/h5-10,12H,2-4,11,13H2,1H3,(H,26,31)(H,28,30)/b27-18+. The van der Waals surface area contributed by atoms with E-state index in [1.165, 1.54) is 24.3 Å². The number of ether oxygens (including phenoxy) is 2. The van der Waals surface area contributed by atoms with E-state index < -0.39 is 10.8 Å². The molecule has 0 spiro atoms. The average molecular weight is 490 g/mol. The minimum atomic E-state index is -0.493. The van der Waals surface area contributed by atoms with Crippen LogP contribution < -0.4 is 20.2 Å². The van der Waals surface area contributed by atoms with E-state index in [1.807, 2.05) is 0 Å². The highest BCUT2D eigenvalue weighted by atomic mass is 16.7. The fourth-order valence-corrected chi connectivity index (χ4v) is 4.25. The molecule has 2 N–H and O–H groups in total. The molecule has 0 fully saturated rings. The summed E-state index contributed by atoms with van der Waals surface area (Å²) in [6.45, 7) is 1.93. The Labute approximate surface area is 205 Å². The molecule has 36 heavy (non-hydrogen) atoms. The van der Waals surface area contributed by atoms with E-state index in [9.17, 15) is 19.7 Å². The molecule has 184 valence electrons. The summed E-state index contributed by atoms with van der Waals surface area (Å²) in [5.41, 5.74) is 5.70. The molecule has 1 aromatic heterocycles. The summed E-state index contributed by atoms with van der Waals surface area (Å²) in [6, 6.07) is 10.9. The number of benzene rings is 2. The van der Waals surface area contributed by atoms with Crippen LogP contribution in [0, 0.1) is 17.0 Å². The van der Waals surface area contributed by atoms with Crippen molar-refractivity contribution in [3.63, 3.8) is 0 Å². The highest BCUT2D eigenvalue weighted by Gasteiger charge is 2.28. The number of nitro groups is 1. The smallest absolute Gasteiger partial charge is 0.291 e. The van der Waals surface area contributed by atoms with E-state index in [2.05, 4.69) is 15.8 Å². The van der Waals surface area contributed by atoms with Gasteiger partial charge in [-0.15, -0.1) is 0 Å². The molecule has 0 bridgehead atoms. The number of rotatable bonds is 6. The number of aryl methyl sites for hydroxylation is 1. The van der Waals surface area contributed by atoms with Gasteiger partial charge in [-0.05, 0) is 37.5 Å². The van der Waals surface area contributed by atoms with Gasteiger partial charge in [0.1, 0.15) is 5.76 Å². The van der Waals surface area contributed by atoms with Crippen molar-refractivity contribution in [1.82, 2.24) is 5.43 Å². The fourth-order valence-electron chi connectivity index (χ4n) is 4.25.